The summed E-state index contributed by atoms with van der Waals surface area (Å²) in [6.07, 6.45) is 2.26. The number of nitro groups is 1. The van der Waals surface area contributed by atoms with Crippen molar-refractivity contribution in [2.45, 2.75) is 70.6 Å². The summed E-state index contributed by atoms with van der Waals surface area (Å²) in [5, 5.41) is 14.6. The lowest BCUT2D eigenvalue weighted by Crippen LogP contribution is -2.40. The minimum Gasteiger partial charge on any atom is -0.379 e. The Labute approximate surface area is 178 Å². The van der Waals surface area contributed by atoms with E-state index >= 15 is 0 Å². The van der Waals surface area contributed by atoms with Crippen molar-refractivity contribution in [3.8, 4) is 0 Å². The Morgan fingerprint density at radius 2 is 1.83 bits per heavy atom. The molecule has 0 aliphatic carbocycles. The molecule has 1 aliphatic rings. The van der Waals surface area contributed by atoms with Crippen LogP contribution in [0.15, 0.2) is 23.1 Å². The first kappa shape index (κ1) is 24.5. The first-order valence-electron chi connectivity index (χ1n) is 10.2. The van der Waals surface area contributed by atoms with Crippen LogP contribution >= 0.6 is 0 Å². The number of ether oxygens (including phenoxy) is 2. The zero-order valence-corrected chi connectivity index (χ0v) is 19.2. The van der Waals surface area contributed by atoms with Crippen LogP contribution in [0.4, 0.5) is 11.4 Å². The topological polar surface area (TPSA) is 120 Å². The highest BCUT2D eigenvalue weighted by molar-refractivity contribution is 7.89. The fourth-order valence-corrected chi connectivity index (χ4v) is 4.82. The molecular formula is C20H33N3O6S. The Balaban J connectivity index is 2.06. The number of rotatable bonds is 10. The highest BCUT2D eigenvalue weighted by Gasteiger charge is 2.36. The molecule has 0 radical (unpaired) electrons. The molecule has 30 heavy (non-hydrogen) atoms. The predicted octanol–water partition coefficient (Wildman–Crippen LogP) is 3.65. The zero-order chi connectivity index (χ0) is 22.6. The molecule has 1 atom stereocenters. The molecule has 1 aliphatic heterocycles. The van der Waals surface area contributed by atoms with Crippen LogP contribution in [0.1, 0.15) is 53.9 Å². The van der Waals surface area contributed by atoms with Crippen LogP contribution < -0.4 is 10.0 Å². The van der Waals surface area contributed by atoms with Crippen LogP contribution in [0.5, 0.6) is 0 Å². The van der Waals surface area contributed by atoms with E-state index in [2.05, 4.69) is 23.9 Å². The second kappa shape index (κ2) is 9.59. The molecule has 0 unspecified atom stereocenters. The van der Waals surface area contributed by atoms with Crippen molar-refractivity contribution in [3.05, 3.63) is 28.3 Å². The summed E-state index contributed by atoms with van der Waals surface area (Å²) in [5.41, 5.74) is -0.794. The molecule has 0 spiro atoms. The molecule has 0 saturated carbocycles. The van der Waals surface area contributed by atoms with Crippen LogP contribution in [0.25, 0.3) is 0 Å². The van der Waals surface area contributed by atoms with Crippen molar-refractivity contribution < 1.29 is 22.8 Å². The largest absolute Gasteiger partial charge is 0.379 e. The van der Waals surface area contributed by atoms with E-state index in [-0.39, 0.29) is 22.3 Å². The Morgan fingerprint density at radius 3 is 2.37 bits per heavy atom. The lowest BCUT2D eigenvalue weighted by molar-refractivity contribution is -0.384. The molecule has 170 valence electrons. The zero-order valence-electron chi connectivity index (χ0n) is 18.4. The molecule has 2 N–H and O–H groups in total. The first-order chi connectivity index (χ1) is 13.9. The van der Waals surface area contributed by atoms with Crippen LogP contribution in [0.2, 0.25) is 0 Å². The van der Waals surface area contributed by atoms with Gasteiger partial charge in [0.25, 0.3) is 5.69 Å². The summed E-state index contributed by atoms with van der Waals surface area (Å²) in [6, 6.07) is 3.91. The maximum atomic E-state index is 12.5. The van der Waals surface area contributed by atoms with Gasteiger partial charge in [0, 0.05) is 23.6 Å². The lowest BCUT2D eigenvalue weighted by Gasteiger charge is -2.33. The van der Waals surface area contributed by atoms with Crippen molar-refractivity contribution in [3.63, 3.8) is 0 Å². The number of nitro benzene ring substituents is 1. The third-order valence-corrected chi connectivity index (χ3v) is 6.91. The van der Waals surface area contributed by atoms with Gasteiger partial charge in [0.05, 0.1) is 23.0 Å². The molecule has 2 rings (SSSR count). The second-order valence-corrected chi connectivity index (χ2v) is 10.6. The summed E-state index contributed by atoms with van der Waals surface area (Å²) in [5.74, 6) is 0. The summed E-state index contributed by atoms with van der Waals surface area (Å²) >= 11 is 0. The maximum Gasteiger partial charge on any atom is 0.293 e. The quantitative estimate of drug-likeness (QED) is 0.322. The fraction of sp³-hybridized carbons (Fsp3) is 0.700. The molecule has 0 amide bonds. The molecule has 1 saturated heterocycles. The summed E-state index contributed by atoms with van der Waals surface area (Å²) in [7, 11) is -3.86. The Hall–Kier alpha value is -1.75. The molecule has 1 heterocycles. The van der Waals surface area contributed by atoms with Crippen LogP contribution in [0.3, 0.4) is 0 Å². The van der Waals surface area contributed by atoms with Crippen molar-refractivity contribution >= 4 is 21.4 Å². The van der Waals surface area contributed by atoms with Gasteiger partial charge in [0.15, 0.2) is 6.29 Å². The van der Waals surface area contributed by atoms with Crippen molar-refractivity contribution in [2.24, 2.45) is 5.41 Å². The van der Waals surface area contributed by atoms with E-state index in [0.717, 1.165) is 25.3 Å². The second-order valence-electron chi connectivity index (χ2n) is 8.90. The van der Waals surface area contributed by atoms with Gasteiger partial charge in [-0.25, -0.2) is 13.1 Å². The molecule has 1 aromatic rings. The van der Waals surface area contributed by atoms with Gasteiger partial charge in [-0.15, -0.1) is 0 Å². The number of sulfonamides is 1. The van der Waals surface area contributed by atoms with E-state index in [4.69, 9.17) is 9.47 Å². The van der Waals surface area contributed by atoms with Gasteiger partial charge in [0.2, 0.25) is 10.0 Å². The average Bonchev–Trinajstić information content (AvgIpc) is 3.18. The van der Waals surface area contributed by atoms with Gasteiger partial charge < -0.3 is 14.8 Å². The highest BCUT2D eigenvalue weighted by Crippen LogP contribution is 2.36. The number of nitrogens with zero attached hydrogens (tertiary/aromatic N) is 1. The van der Waals surface area contributed by atoms with Crippen LogP contribution in [0, 0.1) is 15.5 Å². The van der Waals surface area contributed by atoms with E-state index in [9.17, 15) is 18.5 Å². The van der Waals surface area contributed by atoms with E-state index in [0.29, 0.717) is 25.4 Å². The number of hydrogen-bond donors (Lipinski definition) is 2. The lowest BCUT2D eigenvalue weighted by atomic mass is 9.82. The minimum absolute atomic E-state index is 0.124. The third kappa shape index (κ3) is 6.37. The smallest absolute Gasteiger partial charge is 0.293 e. The Kier molecular flexibility index (Phi) is 7.84. The normalized spacial score (nSPS) is 17.6. The molecule has 10 heteroatoms. The Bertz CT molecular complexity index is 847. The standard InChI is InChI=1S/C20H33N3O6S/c1-6-20(5,18-28-12-13-29-18)10-7-11-21-16-9-8-15(14-17(16)23(24)25)30(26,27)22-19(2,3)4/h8-9,14,18,21-22H,6-7,10-13H2,1-5H3/t20-/m1/s1. The predicted molar refractivity (Wildman–Crippen MR) is 115 cm³/mol. The SMILES string of the molecule is CC[C@](C)(CCCNc1ccc(S(=O)(=O)NC(C)(C)C)cc1[N+](=O)[O-])C1OCCO1. The molecule has 1 fully saturated rings. The van der Waals surface area contributed by atoms with Crippen LogP contribution in [-0.2, 0) is 19.5 Å². The van der Waals surface area contributed by atoms with Gasteiger partial charge in [-0.05, 0) is 52.2 Å². The monoisotopic (exact) mass is 443 g/mol. The fourth-order valence-electron chi connectivity index (χ4n) is 3.38. The minimum atomic E-state index is -3.86. The first-order valence-corrected chi connectivity index (χ1v) is 11.7. The third-order valence-electron chi connectivity index (χ3n) is 5.16. The maximum absolute atomic E-state index is 12.5. The molecular weight excluding hydrogens is 410 g/mol. The molecule has 0 bridgehead atoms. The summed E-state index contributed by atoms with van der Waals surface area (Å²) in [6.45, 7) is 11.0. The number of benzene rings is 1. The highest BCUT2D eigenvalue weighted by atomic mass is 32.2. The molecule has 0 aromatic heterocycles. The van der Waals surface area contributed by atoms with E-state index < -0.39 is 20.5 Å². The molecule has 9 nitrogen and oxygen atoms in total. The van der Waals surface area contributed by atoms with Crippen LogP contribution in [-0.4, -0.2) is 44.9 Å². The van der Waals surface area contributed by atoms with E-state index in [1.165, 1.54) is 12.1 Å². The number of hydrogen-bond acceptors (Lipinski definition) is 7. The molecule has 1 aromatic carbocycles. The van der Waals surface area contributed by atoms with Crippen molar-refractivity contribution in [1.29, 1.82) is 0 Å². The van der Waals surface area contributed by atoms with Gasteiger partial charge in [0.1, 0.15) is 5.69 Å². The summed E-state index contributed by atoms with van der Waals surface area (Å²) < 4.78 is 38.8. The van der Waals surface area contributed by atoms with Gasteiger partial charge in [-0.2, -0.15) is 0 Å². The van der Waals surface area contributed by atoms with E-state index in [1.54, 1.807) is 20.8 Å². The number of nitrogens with one attached hydrogen (secondary N) is 2. The summed E-state index contributed by atoms with van der Waals surface area (Å²) in [4.78, 5) is 10.8. The van der Waals surface area contributed by atoms with E-state index in [1.807, 2.05) is 0 Å². The average molecular weight is 444 g/mol. The number of anilines is 1. The van der Waals surface area contributed by atoms with Gasteiger partial charge >= 0.3 is 0 Å². The van der Waals surface area contributed by atoms with Crippen molar-refractivity contribution in [2.75, 3.05) is 25.1 Å². The van der Waals surface area contributed by atoms with Crippen molar-refractivity contribution in [1.82, 2.24) is 4.72 Å². The van der Waals surface area contributed by atoms with Gasteiger partial charge in [-0.1, -0.05) is 13.8 Å². The van der Waals surface area contributed by atoms with Gasteiger partial charge in [-0.3, -0.25) is 10.1 Å². The Morgan fingerprint density at radius 1 is 1.20 bits per heavy atom.